The zero-order valence-electron chi connectivity index (χ0n) is 11.0. The number of pyridine rings is 1. The predicted octanol–water partition coefficient (Wildman–Crippen LogP) is -0.530. The number of nitrogens with one attached hydrogen (secondary N) is 2. The maximum absolute atomic E-state index is 11.9. The van der Waals surface area contributed by atoms with Crippen molar-refractivity contribution in [3.05, 3.63) is 18.3 Å². The Bertz CT molecular complexity index is 643. The van der Waals surface area contributed by atoms with Crippen LogP contribution in [0.4, 0.5) is 5.82 Å². The van der Waals surface area contributed by atoms with Crippen LogP contribution in [-0.4, -0.2) is 40.7 Å². The molecule has 0 aromatic carbocycles. The van der Waals surface area contributed by atoms with Crippen molar-refractivity contribution in [2.75, 3.05) is 24.2 Å². The summed E-state index contributed by atoms with van der Waals surface area (Å²) in [4.78, 5) is 4.01. The predicted molar refractivity (Wildman–Crippen MR) is 76.2 cm³/mol. The number of rotatable bonds is 8. The standard InChI is InChI=1S/C10H18N4O4S2/c1-2-4-12-10-8-9(3-5-13-10)20(17,18)14-6-7-19(11,15)16/h3,5,8,14H,2,4,6-7H2,1H3,(H,12,13)(H2,11,15,16). The quantitative estimate of drug-likeness (QED) is 0.589. The van der Waals surface area contributed by atoms with E-state index in [1.54, 1.807) is 0 Å². The lowest BCUT2D eigenvalue weighted by molar-refractivity contribution is 0.581. The van der Waals surface area contributed by atoms with Crippen molar-refractivity contribution in [2.45, 2.75) is 18.2 Å². The van der Waals surface area contributed by atoms with Gasteiger partial charge in [0.05, 0.1) is 10.6 Å². The number of primary sulfonamides is 1. The van der Waals surface area contributed by atoms with Gasteiger partial charge in [0.2, 0.25) is 20.0 Å². The van der Waals surface area contributed by atoms with E-state index in [0.717, 1.165) is 6.42 Å². The van der Waals surface area contributed by atoms with E-state index in [1.165, 1.54) is 18.3 Å². The van der Waals surface area contributed by atoms with Crippen LogP contribution in [0.5, 0.6) is 0 Å². The van der Waals surface area contributed by atoms with Crippen LogP contribution in [0.15, 0.2) is 23.2 Å². The lowest BCUT2D eigenvalue weighted by Crippen LogP contribution is -2.31. The molecule has 0 amide bonds. The zero-order chi connectivity index (χ0) is 15.2. The number of sulfonamides is 2. The Morgan fingerprint density at radius 1 is 1.25 bits per heavy atom. The molecule has 10 heteroatoms. The Balaban J connectivity index is 2.76. The molecule has 8 nitrogen and oxygen atoms in total. The molecule has 0 saturated heterocycles. The van der Waals surface area contributed by atoms with Gasteiger partial charge in [0.1, 0.15) is 5.82 Å². The summed E-state index contributed by atoms with van der Waals surface area (Å²) in [6, 6.07) is 2.71. The van der Waals surface area contributed by atoms with Crippen LogP contribution in [0.25, 0.3) is 0 Å². The van der Waals surface area contributed by atoms with Gasteiger partial charge in [0, 0.05) is 25.4 Å². The van der Waals surface area contributed by atoms with Crippen LogP contribution in [0, 0.1) is 0 Å². The summed E-state index contributed by atoms with van der Waals surface area (Å²) < 4.78 is 47.6. The first-order chi connectivity index (χ1) is 9.24. The van der Waals surface area contributed by atoms with Crippen molar-refractivity contribution >= 4 is 25.9 Å². The van der Waals surface area contributed by atoms with Crippen molar-refractivity contribution in [3.63, 3.8) is 0 Å². The van der Waals surface area contributed by atoms with Crippen LogP contribution in [0.1, 0.15) is 13.3 Å². The largest absolute Gasteiger partial charge is 0.370 e. The molecule has 1 aromatic rings. The lowest BCUT2D eigenvalue weighted by Gasteiger charge is -2.08. The summed E-state index contributed by atoms with van der Waals surface area (Å²) in [5, 5.41) is 7.77. The molecule has 0 aliphatic carbocycles. The molecule has 1 heterocycles. The van der Waals surface area contributed by atoms with Crippen molar-refractivity contribution < 1.29 is 16.8 Å². The maximum Gasteiger partial charge on any atom is 0.240 e. The number of anilines is 1. The second-order valence-electron chi connectivity index (χ2n) is 4.07. The van der Waals surface area contributed by atoms with Crippen molar-refractivity contribution in [1.82, 2.24) is 9.71 Å². The Kier molecular flexibility index (Phi) is 5.87. The molecule has 4 N–H and O–H groups in total. The summed E-state index contributed by atoms with van der Waals surface area (Å²) in [6.45, 7) is 2.37. The highest BCUT2D eigenvalue weighted by molar-refractivity contribution is 7.90. The molecule has 1 aromatic heterocycles. The fourth-order valence-electron chi connectivity index (χ4n) is 1.33. The first-order valence-electron chi connectivity index (χ1n) is 5.94. The van der Waals surface area contributed by atoms with E-state index in [1.807, 2.05) is 6.92 Å². The Morgan fingerprint density at radius 2 is 1.95 bits per heavy atom. The molecule has 0 atom stereocenters. The fraction of sp³-hybridized carbons (Fsp3) is 0.500. The minimum absolute atomic E-state index is 0.0144. The summed E-state index contributed by atoms with van der Waals surface area (Å²) in [7, 11) is -7.48. The van der Waals surface area contributed by atoms with Crippen LogP contribution in [-0.2, 0) is 20.0 Å². The van der Waals surface area contributed by atoms with Crippen LogP contribution in [0.3, 0.4) is 0 Å². The number of aromatic nitrogens is 1. The molecular formula is C10H18N4O4S2. The van der Waals surface area contributed by atoms with Gasteiger partial charge >= 0.3 is 0 Å². The van der Waals surface area contributed by atoms with Crippen molar-refractivity contribution in [3.8, 4) is 0 Å². The van der Waals surface area contributed by atoms with Gasteiger partial charge in [-0.25, -0.2) is 31.7 Å². The van der Waals surface area contributed by atoms with Gasteiger partial charge in [-0.2, -0.15) is 0 Å². The minimum atomic E-state index is -3.78. The Morgan fingerprint density at radius 3 is 2.55 bits per heavy atom. The van der Waals surface area contributed by atoms with Crippen LogP contribution in [0.2, 0.25) is 0 Å². The highest BCUT2D eigenvalue weighted by atomic mass is 32.2. The third kappa shape index (κ3) is 5.82. The van der Waals surface area contributed by atoms with Gasteiger partial charge in [0.15, 0.2) is 0 Å². The molecule has 0 bridgehead atoms. The van der Waals surface area contributed by atoms with Gasteiger partial charge in [-0.15, -0.1) is 0 Å². The van der Waals surface area contributed by atoms with E-state index in [9.17, 15) is 16.8 Å². The van der Waals surface area contributed by atoms with Gasteiger partial charge in [-0.1, -0.05) is 6.92 Å². The second kappa shape index (κ2) is 6.97. The topological polar surface area (TPSA) is 131 Å². The molecule has 0 aliphatic heterocycles. The summed E-state index contributed by atoms with van der Waals surface area (Å²) in [5.74, 6) is -0.0145. The monoisotopic (exact) mass is 322 g/mol. The first kappa shape index (κ1) is 16.8. The first-order valence-corrected chi connectivity index (χ1v) is 9.14. The molecule has 20 heavy (non-hydrogen) atoms. The Labute approximate surface area is 118 Å². The third-order valence-corrected chi connectivity index (χ3v) is 4.51. The number of nitrogens with zero attached hydrogens (tertiary/aromatic N) is 1. The summed E-state index contributed by atoms with van der Waals surface area (Å²) >= 11 is 0. The fourth-order valence-corrected chi connectivity index (χ4v) is 2.89. The summed E-state index contributed by atoms with van der Waals surface area (Å²) in [6.07, 6.45) is 2.25. The van der Waals surface area contributed by atoms with Crippen molar-refractivity contribution in [1.29, 1.82) is 0 Å². The SMILES string of the molecule is CCCNc1cc(S(=O)(=O)NCCS(N)(=O)=O)ccn1. The maximum atomic E-state index is 11.9. The smallest absolute Gasteiger partial charge is 0.240 e. The second-order valence-corrected chi connectivity index (χ2v) is 7.57. The molecule has 0 saturated carbocycles. The Hall–Kier alpha value is -1.23. The minimum Gasteiger partial charge on any atom is -0.370 e. The molecule has 114 valence electrons. The summed E-state index contributed by atoms with van der Waals surface area (Å²) in [5.41, 5.74) is 0. The van der Waals surface area contributed by atoms with Gasteiger partial charge < -0.3 is 5.32 Å². The van der Waals surface area contributed by atoms with E-state index < -0.39 is 25.8 Å². The zero-order valence-corrected chi connectivity index (χ0v) is 12.7. The van der Waals surface area contributed by atoms with Crippen LogP contribution >= 0.6 is 0 Å². The molecule has 0 radical (unpaired) electrons. The van der Waals surface area contributed by atoms with Crippen molar-refractivity contribution in [2.24, 2.45) is 5.14 Å². The molecule has 0 unspecified atom stereocenters. The number of hydrogen-bond acceptors (Lipinski definition) is 6. The third-order valence-electron chi connectivity index (χ3n) is 2.28. The van der Waals surface area contributed by atoms with E-state index in [4.69, 9.17) is 5.14 Å². The van der Waals surface area contributed by atoms with E-state index >= 15 is 0 Å². The average molecular weight is 322 g/mol. The lowest BCUT2D eigenvalue weighted by atomic mass is 10.4. The van der Waals surface area contributed by atoms with Gasteiger partial charge in [0.25, 0.3) is 0 Å². The van der Waals surface area contributed by atoms with E-state index in [2.05, 4.69) is 15.0 Å². The average Bonchev–Trinajstić information content (AvgIpc) is 2.35. The highest BCUT2D eigenvalue weighted by Crippen LogP contribution is 2.12. The molecule has 0 aliphatic rings. The van der Waals surface area contributed by atoms with Gasteiger partial charge in [-0.05, 0) is 12.5 Å². The van der Waals surface area contributed by atoms with E-state index in [0.29, 0.717) is 12.4 Å². The molecule has 0 fully saturated rings. The van der Waals surface area contributed by atoms with Crippen LogP contribution < -0.4 is 15.2 Å². The highest BCUT2D eigenvalue weighted by Gasteiger charge is 2.15. The normalized spacial score (nSPS) is 12.3. The number of nitrogens with two attached hydrogens (primary N) is 1. The molecular weight excluding hydrogens is 304 g/mol. The number of hydrogen-bond donors (Lipinski definition) is 3. The van der Waals surface area contributed by atoms with E-state index in [-0.39, 0.29) is 11.4 Å². The molecule has 0 spiro atoms. The van der Waals surface area contributed by atoms with Gasteiger partial charge in [-0.3, -0.25) is 0 Å². The molecule has 1 rings (SSSR count).